The predicted molar refractivity (Wildman–Crippen MR) is 145 cm³/mol. The summed E-state index contributed by atoms with van der Waals surface area (Å²) in [5, 5.41) is 2.72. The van der Waals surface area contributed by atoms with E-state index < -0.39 is 45.9 Å². The molecule has 12 heteroatoms. The number of amides is 2. The summed E-state index contributed by atoms with van der Waals surface area (Å²) >= 11 is 6.12. The fourth-order valence-corrected chi connectivity index (χ4v) is 5.76. The monoisotopic (exact) mass is 587 g/mol. The number of aryl methyl sites for hydroxylation is 1. The Morgan fingerprint density at radius 1 is 1.10 bits per heavy atom. The van der Waals surface area contributed by atoms with E-state index in [9.17, 15) is 31.2 Å². The maximum absolute atomic E-state index is 13.7. The van der Waals surface area contributed by atoms with Gasteiger partial charge in [0, 0.05) is 12.6 Å². The van der Waals surface area contributed by atoms with Crippen molar-refractivity contribution in [3.63, 3.8) is 0 Å². The van der Waals surface area contributed by atoms with Crippen LogP contribution in [0.15, 0.2) is 42.5 Å². The van der Waals surface area contributed by atoms with E-state index in [1.165, 1.54) is 4.90 Å². The highest BCUT2D eigenvalue weighted by molar-refractivity contribution is 7.92. The predicted octanol–water partition coefficient (Wildman–Crippen LogP) is 5.30. The van der Waals surface area contributed by atoms with Gasteiger partial charge in [-0.2, -0.15) is 13.2 Å². The fraction of sp³-hybridized carbons (Fsp3) is 0.481. The maximum Gasteiger partial charge on any atom is 0.416 e. The summed E-state index contributed by atoms with van der Waals surface area (Å²) in [5.74, 6) is -1.15. The van der Waals surface area contributed by atoms with Gasteiger partial charge in [-0.25, -0.2) is 8.42 Å². The van der Waals surface area contributed by atoms with Crippen LogP contribution in [0.2, 0.25) is 5.02 Å². The average Bonchev–Trinajstić information content (AvgIpc) is 2.85. The number of carbonyl (C=O) groups is 2. The number of sulfonamides is 1. The number of hydrogen-bond donors (Lipinski definition) is 1. The molecule has 1 unspecified atom stereocenters. The molecule has 214 valence electrons. The first-order valence-corrected chi connectivity index (χ1v) is 14.9. The van der Waals surface area contributed by atoms with E-state index in [1.807, 2.05) is 19.1 Å². The van der Waals surface area contributed by atoms with Crippen molar-refractivity contribution in [2.45, 2.75) is 70.8 Å². The summed E-state index contributed by atoms with van der Waals surface area (Å²) in [5.41, 5.74) is 0.0494. The largest absolute Gasteiger partial charge is 0.416 e. The first-order valence-electron chi connectivity index (χ1n) is 12.7. The molecule has 1 aliphatic rings. The van der Waals surface area contributed by atoms with Crippen molar-refractivity contribution >= 4 is 39.1 Å². The highest BCUT2D eigenvalue weighted by atomic mass is 35.5. The van der Waals surface area contributed by atoms with Gasteiger partial charge in [-0.15, -0.1) is 0 Å². The molecule has 0 radical (unpaired) electrons. The minimum absolute atomic E-state index is 0.00626. The Kier molecular flexibility index (Phi) is 9.93. The molecule has 7 nitrogen and oxygen atoms in total. The van der Waals surface area contributed by atoms with Crippen LogP contribution in [0.5, 0.6) is 0 Å². The number of halogens is 4. The third kappa shape index (κ3) is 8.35. The van der Waals surface area contributed by atoms with Crippen molar-refractivity contribution in [3.05, 3.63) is 64.2 Å². The Bertz CT molecular complexity index is 1300. The molecular formula is C27H33ClF3N3O4S. The molecule has 3 rings (SSSR count). The molecule has 0 aromatic heterocycles. The summed E-state index contributed by atoms with van der Waals surface area (Å²) in [6, 6.07) is 8.56. The van der Waals surface area contributed by atoms with Crippen molar-refractivity contribution in [2.24, 2.45) is 0 Å². The lowest BCUT2D eigenvalue weighted by Gasteiger charge is -2.33. The third-order valence-corrected chi connectivity index (χ3v) is 8.22. The van der Waals surface area contributed by atoms with E-state index in [-0.39, 0.29) is 23.5 Å². The molecule has 39 heavy (non-hydrogen) atoms. The number of hydrogen-bond acceptors (Lipinski definition) is 4. The third-order valence-electron chi connectivity index (χ3n) is 6.78. The molecule has 1 fully saturated rings. The molecule has 1 N–H and O–H groups in total. The summed E-state index contributed by atoms with van der Waals surface area (Å²) < 4.78 is 66.1. The maximum atomic E-state index is 13.7. The molecule has 0 bridgehead atoms. The number of nitrogens with zero attached hydrogens (tertiary/aromatic N) is 2. The van der Waals surface area contributed by atoms with E-state index in [1.54, 1.807) is 19.1 Å². The van der Waals surface area contributed by atoms with Gasteiger partial charge in [0.2, 0.25) is 21.8 Å². The first kappa shape index (κ1) is 30.7. The van der Waals surface area contributed by atoms with Gasteiger partial charge in [0.1, 0.15) is 12.6 Å². The lowest BCUT2D eigenvalue weighted by molar-refractivity contribution is -0.139. The molecule has 0 aliphatic heterocycles. The van der Waals surface area contributed by atoms with Crippen molar-refractivity contribution in [1.82, 2.24) is 10.2 Å². The average molecular weight is 588 g/mol. The Hall–Kier alpha value is -2.79. The lowest BCUT2D eigenvalue weighted by Crippen LogP contribution is -2.53. The SMILES string of the molecule is Cc1cccc(CN(C(=O)CN(c2cc(C(F)(F)F)ccc2Cl)S(C)(=O)=O)C(C)C(=O)NC2CCCCC2)c1. The molecule has 2 aromatic rings. The first-order chi connectivity index (χ1) is 18.2. The highest BCUT2D eigenvalue weighted by Gasteiger charge is 2.35. The smallest absolute Gasteiger partial charge is 0.352 e. The normalized spacial score (nSPS) is 15.5. The second-order valence-corrected chi connectivity index (χ2v) is 12.3. The van der Waals surface area contributed by atoms with Crippen LogP contribution in [0.1, 0.15) is 55.7 Å². The van der Waals surface area contributed by atoms with Crippen molar-refractivity contribution in [1.29, 1.82) is 0 Å². The number of nitrogens with one attached hydrogen (secondary N) is 1. The number of benzene rings is 2. The Labute approximate surface area is 232 Å². The van der Waals surface area contributed by atoms with Crippen molar-refractivity contribution in [3.8, 4) is 0 Å². The standard InChI is InChI=1S/C27H33ClF3N3O4S/c1-18-8-7-9-20(14-18)16-33(19(2)26(36)32-22-10-5-4-6-11-22)25(35)17-34(39(3,37)38)24-15-21(27(29,30)31)12-13-23(24)28/h7-9,12-15,19,22H,4-6,10-11,16-17H2,1-3H3,(H,32,36). The van der Waals surface area contributed by atoms with Crippen molar-refractivity contribution in [2.75, 3.05) is 17.1 Å². The number of rotatable bonds is 9. The fourth-order valence-electron chi connectivity index (χ4n) is 4.63. The van der Waals surface area contributed by atoms with E-state index >= 15 is 0 Å². The lowest BCUT2D eigenvalue weighted by atomic mass is 9.95. The molecule has 2 aromatic carbocycles. The van der Waals surface area contributed by atoms with Crippen molar-refractivity contribution < 1.29 is 31.2 Å². The number of carbonyl (C=O) groups excluding carboxylic acids is 2. The molecule has 1 atom stereocenters. The topological polar surface area (TPSA) is 86.8 Å². The van der Waals surface area contributed by atoms with E-state index in [4.69, 9.17) is 11.6 Å². The van der Waals surface area contributed by atoms with Crippen LogP contribution < -0.4 is 9.62 Å². The van der Waals surface area contributed by atoms with Gasteiger partial charge < -0.3 is 10.2 Å². The summed E-state index contributed by atoms with van der Waals surface area (Å²) in [7, 11) is -4.25. The highest BCUT2D eigenvalue weighted by Crippen LogP contribution is 2.36. The molecule has 2 amide bonds. The van der Waals surface area contributed by atoms with Gasteiger partial charge in [0.05, 0.1) is 22.5 Å². The molecule has 0 heterocycles. The van der Waals surface area contributed by atoms with Crippen LogP contribution in [0.3, 0.4) is 0 Å². The Morgan fingerprint density at radius 3 is 2.36 bits per heavy atom. The summed E-state index contributed by atoms with van der Waals surface area (Å²) in [6.45, 7) is 2.57. The second kappa shape index (κ2) is 12.6. The zero-order chi connectivity index (χ0) is 29.0. The molecule has 0 spiro atoms. The van der Waals surface area contributed by atoms with Crippen LogP contribution in [0.25, 0.3) is 0 Å². The van der Waals surface area contributed by atoms with E-state index in [0.717, 1.165) is 56.1 Å². The number of anilines is 1. The van der Waals surface area contributed by atoms with Crippen LogP contribution >= 0.6 is 11.6 Å². The van der Waals surface area contributed by atoms with Crippen LogP contribution in [-0.2, 0) is 32.3 Å². The zero-order valence-electron chi connectivity index (χ0n) is 22.1. The molecule has 0 saturated heterocycles. The quantitative estimate of drug-likeness (QED) is 0.431. The van der Waals surface area contributed by atoms with Gasteiger partial charge in [0.15, 0.2) is 0 Å². The van der Waals surface area contributed by atoms with Gasteiger partial charge in [0.25, 0.3) is 0 Å². The molecule has 1 saturated carbocycles. The Morgan fingerprint density at radius 2 is 1.77 bits per heavy atom. The van der Waals surface area contributed by atoms with Gasteiger partial charge in [-0.05, 0) is 50.5 Å². The Balaban J connectivity index is 1.95. The number of alkyl halides is 3. The van der Waals surface area contributed by atoms with Gasteiger partial charge in [-0.1, -0.05) is 60.7 Å². The summed E-state index contributed by atoms with van der Waals surface area (Å²) in [6.07, 6.45) is 0.773. The van der Waals surface area contributed by atoms with Crippen LogP contribution in [0, 0.1) is 6.92 Å². The van der Waals surface area contributed by atoms with E-state index in [0.29, 0.717) is 15.9 Å². The summed E-state index contributed by atoms with van der Waals surface area (Å²) in [4.78, 5) is 28.1. The molecule has 1 aliphatic carbocycles. The second-order valence-electron chi connectivity index (χ2n) is 9.96. The van der Waals surface area contributed by atoms with E-state index in [2.05, 4.69) is 5.32 Å². The van der Waals surface area contributed by atoms with Gasteiger partial charge in [-0.3, -0.25) is 13.9 Å². The molecular weight excluding hydrogens is 555 g/mol. The zero-order valence-corrected chi connectivity index (χ0v) is 23.7. The van der Waals surface area contributed by atoms with Crippen LogP contribution in [-0.4, -0.2) is 50.0 Å². The van der Waals surface area contributed by atoms with Crippen LogP contribution in [0.4, 0.5) is 18.9 Å². The minimum atomic E-state index is -4.75. The van der Waals surface area contributed by atoms with Gasteiger partial charge >= 0.3 is 6.18 Å². The minimum Gasteiger partial charge on any atom is -0.352 e.